The number of guanidine groups is 1. The second kappa shape index (κ2) is 11.7. The monoisotopic (exact) mass is 502 g/mol. The highest BCUT2D eigenvalue weighted by atomic mass is 127. The van der Waals surface area contributed by atoms with E-state index in [0.29, 0.717) is 19.1 Å². The van der Waals surface area contributed by atoms with Crippen LogP contribution in [0.4, 0.5) is 5.69 Å². The minimum atomic E-state index is 0. The summed E-state index contributed by atoms with van der Waals surface area (Å²) in [5.41, 5.74) is 0.956. The van der Waals surface area contributed by atoms with Crippen LogP contribution in [0.5, 0.6) is 11.5 Å². The zero-order valence-corrected chi connectivity index (χ0v) is 19.7. The van der Waals surface area contributed by atoms with Crippen LogP contribution in [0.1, 0.15) is 33.1 Å². The maximum absolute atomic E-state index is 5.77. The van der Waals surface area contributed by atoms with Crippen LogP contribution < -0.4 is 20.1 Å². The molecule has 1 aromatic carbocycles. The number of aliphatic imine (C=N–C) groups is 1. The summed E-state index contributed by atoms with van der Waals surface area (Å²) < 4.78 is 11.5. The largest absolute Gasteiger partial charge is 0.490 e. The van der Waals surface area contributed by atoms with Crippen LogP contribution >= 0.6 is 24.0 Å². The first kappa shape index (κ1) is 23.1. The smallest absolute Gasteiger partial charge is 0.195 e. The zero-order valence-electron chi connectivity index (χ0n) is 17.4. The number of likely N-dealkylation sites (tertiary alicyclic amines) is 1. The third-order valence-electron chi connectivity index (χ3n) is 5.02. The fourth-order valence-electron chi connectivity index (χ4n) is 3.80. The lowest BCUT2D eigenvalue weighted by atomic mass is 9.97. The molecule has 0 aromatic heterocycles. The Morgan fingerprint density at radius 1 is 1.21 bits per heavy atom. The predicted molar refractivity (Wildman–Crippen MR) is 126 cm³/mol. The van der Waals surface area contributed by atoms with Crippen molar-refractivity contribution >= 4 is 35.6 Å². The van der Waals surface area contributed by atoms with E-state index in [1.807, 2.05) is 25.2 Å². The highest BCUT2D eigenvalue weighted by Gasteiger charge is 2.20. The first-order valence-corrected chi connectivity index (χ1v) is 10.2. The van der Waals surface area contributed by atoms with Crippen LogP contribution in [0.3, 0.4) is 0 Å². The van der Waals surface area contributed by atoms with Crippen molar-refractivity contribution in [2.45, 2.75) is 33.1 Å². The Labute approximate surface area is 186 Å². The van der Waals surface area contributed by atoms with Gasteiger partial charge in [0.15, 0.2) is 17.5 Å². The molecule has 1 unspecified atom stereocenters. The van der Waals surface area contributed by atoms with Crippen LogP contribution in [-0.2, 0) is 0 Å². The van der Waals surface area contributed by atoms with E-state index in [9.17, 15) is 0 Å². The van der Waals surface area contributed by atoms with Gasteiger partial charge in [-0.05, 0) is 43.4 Å². The normalized spacial score (nSPS) is 20.3. The molecule has 1 fully saturated rings. The summed E-state index contributed by atoms with van der Waals surface area (Å²) in [5.74, 6) is 3.80. The zero-order chi connectivity index (χ0) is 19.1. The molecule has 6 nitrogen and oxygen atoms in total. The quantitative estimate of drug-likeness (QED) is 0.364. The highest BCUT2D eigenvalue weighted by molar-refractivity contribution is 14.0. The molecule has 1 aromatic rings. The minimum Gasteiger partial charge on any atom is -0.490 e. The van der Waals surface area contributed by atoms with E-state index in [0.717, 1.165) is 42.0 Å². The van der Waals surface area contributed by atoms with E-state index in [1.165, 1.54) is 32.5 Å². The van der Waals surface area contributed by atoms with Crippen molar-refractivity contribution in [2.24, 2.45) is 16.8 Å². The van der Waals surface area contributed by atoms with E-state index in [1.54, 1.807) is 0 Å². The van der Waals surface area contributed by atoms with Crippen molar-refractivity contribution in [1.29, 1.82) is 0 Å². The minimum absolute atomic E-state index is 0. The molecule has 2 aliphatic rings. The average Bonchev–Trinajstić information content (AvgIpc) is 2.90. The number of hydrogen-bond acceptors (Lipinski definition) is 4. The van der Waals surface area contributed by atoms with Crippen molar-refractivity contribution in [2.75, 3.05) is 51.8 Å². The summed E-state index contributed by atoms with van der Waals surface area (Å²) in [5, 5.41) is 6.87. The van der Waals surface area contributed by atoms with Crippen LogP contribution in [0.25, 0.3) is 0 Å². The molecule has 0 saturated carbocycles. The Morgan fingerprint density at radius 2 is 2.00 bits per heavy atom. The van der Waals surface area contributed by atoms with Gasteiger partial charge >= 0.3 is 0 Å². The molecule has 0 amide bonds. The van der Waals surface area contributed by atoms with Gasteiger partial charge in [-0.25, -0.2) is 0 Å². The Hall–Kier alpha value is -1.22. The first-order chi connectivity index (χ1) is 13.1. The molecular weight excluding hydrogens is 467 g/mol. The molecule has 7 heteroatoms. The number of anilines is 1. The van der Waals surface area contributed by atoms with Gasteiger partial charge in [-0.1, -0.05) is 13.8 Å². The number of ether oxygens (including phenoxy) is 2. The van der Waals surface area contributed by atoms with E-state index < -0.39 is 0 Å². The molecule has 28 heavy (non-hydrogen) atoms. The Morgan fingerprint density at radius 3 is 2.75 bits per heavy atom. The van der Waals surface area contributed by atoms with Gasteiger partial charge in [0.2, 0.25) is 0 Å². The standard InChI is InChI=1S/C21H34N4O2.HI/c1-16(2)14-25-9-4-6-17(15-25)13-23-21(22-3)24-18-7-8-19-20(12-18)27-11-5-10-26-19;/h7-8,12,16-17H,4-6,9-11,13-15H2,1-3H3,(H2,22,23,24);1H. The maximum atomic E-state index is 5.77. The van der Waals surface area contributed by atoms with Gasteiger partial charge < -0.3 is 25.0 Å². The Balaban J connectivity index is 0.00000280. The summed E-state index contributed by atoms with van der Waals surface area (Å²) in [7, 11) is 1.81. The van der Waals surface area contributed by atoms with E-state index in [4.69, 9.17) is 9.47 Å². The molecule has 2 aliphatic heterocycles. The van der Waals surface area contributed by atoms with Crippen molar-refractivity contribution in [3.8, 4) is 11.5 Å². The van der Waals surface area contributed by atoms with Crippen LogP contribution in [0, 0.1) is 11.8 Å². The lowest BCUT2D eigenvalue weighted by molar-refractivity contribution is 0.159. The summed E-state index contributed by atoms with van der Waals surface area (Å²) in [6, 6.07) is 5.95. The Kier molecular flexibility index (Phi) is 9.64. The lowest BCUT2D eigenvalue weighted by Gasteiger charge is -2.34. The third-order valence-corrected chi connectivity index (χ3v) is 5.02. The van der Waals surface area contributed by atoms with Gasteiger partial charge in [0.05, 0.1) is 13.2 Å². The fraction of sp³-hybridized carbons (Fsp3) is 0.667. The number of nitrogens with zero attached hydrogens (tertiary/aromatic N) is 2. The van der Waals surface area contributed by atoms with Crippen LogP contribution in [0.2, 0.25) is 0 Å². The number of benzene rings is 1. The summed E-state index contributed by atoms with van der Waals surface area (Å²) in [4.78, 5) is 6.97. The third kappa shape index (κ3) is 6.99. The van der Waals surface area contributed by atoms with E-state index in [2.05, 4.69) is 34.4 Å². The number of rotatable bonds is 5. The molecule has 2 heterocycles. The molecule has 3 rings (SSSR count). The lowest BCUT2D eigenvalue weighted by Crippen LogP contribution is -2.43. The second-order valence-electron chi connectivity index (χ2n) is 7.95. The van der Waals surface area contributed by atoms with Crippen molar-refractivity contribution in [3.05, 3.63) is 18.2 Å². The van der Waals surface area contributed by atoms with Gasteiger partial charge in [-0.3, -0.25) is 4.99 Å². The fourth-order valence-corrected chi connectivity index (χ4v) is 3.80. The van der Waals surface area contributed by atoms with E-state index in [-0.39, 0.29) is 24.0 Å². The molecule has 0 bridgehead atoms. The topological polar surface area (TPSA) is 58.1 Å². The van der Waals surface area contributed by atoms with E-state index >= 15 is 0 Å². The molecule has 1 atom stereocenters. The number of nitrogens with one attached hydrogen (secondary N) is 2. The molecular formula is C21H35IN4O2. The molecule has 1 saturated heterocycles. The number of piperidine rings is 1. The van der Waals surface area contributed by atoms with Gasteiger partial charge in [0.25, 0.3) is 0 Å². The maximum Gasteiger partial charge on any atom is 0.195 e. The average molecular weight is 502 g/mol. The summed E-state index contributed by atoms with van der Waals surface area (Å²) in [6.45, 7) is 10.5. The highest BCUT2D eigenvalue weighted by Crippen LogP contribution is 2.32. The molecule has 0 radical (unpaired) electrons. The summed E-state index contributed by atoms with van der Waals surface area (Å²) in [6.07, 6.45) is 3.48. The number of fused-ring (bicyclic) bond motifs is 1. The van der Waals surface area contributed by atoms with Gasteiger partial charge in [0, 0.05) is 44.9 Å². The van der Waals surface area contributed by atoms with Crippen molar-refractivity contribution in [3.63, 3.8) is 0 Å². The molecule has 0 aliphatic carbocycles. The van der Waals surface area contributed by atoms with Gasteiger partial charge in [-0.2, -0.15) is 0 Å². The van der Waals surface area contributed by atoms with Gasteiger partial charge in [0.1, 0.15) is 0 Å². The van der Waals surface area contributed by atoms with Gasteiger partial charge in [-0.15, -0.1) is 24.0 Å². The van der Waals surface area contributed by atoms with Crippen LogP contribution in [0.15, 0.2) is 23.2 Å². The second-order valence-corrected chi connectivity index (χ2v) is 7.95. The summed E-state index contributed by atoms with van der Waals surface area (Å²) >= 11 is 0. The predicted octanol–water partition coefficient (Wildman–Crippen LogP) is 3.82. The number of hydrogen-bond donors (Lipinski definition) is 2. The van der Waals surface area contributed by atoms with Crippen molar-refractivity contribution in [1.82, 2.24) is 10.2 Å². The SMILES string of the molecule is CN=C(NCC1CCCN(CC(C)C)C1)Nc1ccc2c(c1)OCCCO2.I. The number of halogens is 1. The molecule has 158 valence electrons. The van der Waals surface area contributed by atoms with Crippen molar-refractivity contribution < 1.29 is 9.47 Å². The first-order valence-electron chi connectivity index (χ1n) is 10.2. The molecule has 0 spiro atoms. The van der Waals surface area contributed by atoms with Crippen LogP contribution in [-0.4, -0.2) is 57.3 Å². The molecule has 2 N–H and O–H groups in total. The Bertz CT molecular complexity index is 639.